The first-order chi connectivity index (χ1) is 8.15. The molecule has 4 heteroatoms. The Labute approximate surface area is 103 Å². The van der Waals surface area contributed by atoms with Gasteiger partial charge in [0.25, 0.3) is 5.91 Å². The largest absolute Gasteiger partial charge is 0.455 e. The second-order valence-electron chi connectivity index (χ2n) is 4.71. The zero-order valence-electron chi connectivity index (χ0n) is 10.9. The monoisotopic (exact) mass is 241 g/mol. The van der Waals surface area contributed by atoms with Gasteiger partial charge in [0.1, 0.15) is 0 Å². The maximum Gasteiger partial charge on any atom is 0.309 e. The van der Waals surface area contributed by atoms with Gasteiger partial charge < -0.3 is 9.64 Å². The number of ether oxygens (including phenoxy) is 1. The fraction of sp³-hybridized carbons (Fsp3) is 0.846. The number of carbonyl (C=O) groups is 2. The number of likely N-dealkylation sites (tertiary alicyclic amines) is 1. The van der Waals surface area contributed by atoms with Gasteiger partial charge in [0.15, 0.2) is 6.61 Å². The van der Waals surface area contributed by atoms with Crippen molar-refractivity contribution in [3.05, 3.63) is 0 Å². The third kappa shape index (κ3) is 4.75. The molecule has 0 aromatic heterocycles. The number of hydrogen-bond donors (Lipinski definition) is 0. The first kappa shape index (κ1) is 14.0. The molecule has 1 atom stereocenters. The maximum atomic E-state index is 11.8. The van der Waals surface area contributed by atoms with Crippen molar-refractivity contribution in [1.29, 1.82) is 0 Å². The minimum atomic E-state index is -0.268. The Bertz CT molecular complexity index is 257. The second-order valence-corrected chi connectivity index (χ2v) is 4.71. The SMILES string of the molecule is CCC(C)C(=O)OCC(=O)N1CCCCCC1. The number of esters is 1. The van der Waals surface area contributed by atoms with Crippen LogP contribution in [0.25, 0.3) is 0 Å². The summed E-state index contributed by atoms with van der Waals surface area (Å²) in [6.45, 7) is 5.27. The van der Waals surface area contributed by atoms with Gasteiger partial charge in [-0.05, 0) is 19.3 Å². The fourth-order valence-electron chi connectivity index (χ4n) is 1.85. The van der Waals surface area contributed by atoms with Gasteiger partial charge in [-0.2, -0.15) is 0 Å². The highest BCUT2D eigenvalue weighted by molar-refractivity contribution is 5.81. The molecule has 0 bridgehead atoms. The first-order valence-corrected chi connectivity index (χ1v) is 6.59. The molecule has 17 heavy (non-hydrogen) atoms. The Morgan fingerprint density at radius 1 is 1.18 bits per heavy atom. The predicted octanol–water partition coefficient (Wildman–Crippen LogP) is 1.98. The van der Waals surface area contributed by atoms with E-state index in [9.17, 15) is 9.59 Å². The molecule has 1 aliphatic heterocycles. The van der Waals surface area contributed by atoms with E-state index >= 15 is 0 Å². The Morgan fingerprint density at radius 3 is 2.29 bits per heavy atom. The topological polar surface area (TPSA) is 46.6 Å². The van der Waals surface area contributed by atoms with E-state index < -0.39 is 0 Å². The minimum absolute atomic E-state index is 0.0523. The van der Waals surface area contributed by atoms with Crippen LogP contribution in [0.5, 0.6) is 0 Å². The highest BCUT2D eigenvalue weighted by Gasteiger charge is 2.18. The van der Waals surface area contributed by atoms with Crippen LogP contribution in [0.15, 0.2) is 0 Å². The molecule has 1 rings (SSSR count). The standard InChI is InChI=1S/C13H23NO3/c1-3-11(2)13(16)17-10-12(15)14-8-6-4-5-7-9-14/h11H,3-10H2,1-2H3. The highest BCUT2D eigenvalue weighted by Crippen LogP contribution is 2.10. The van der Waals surface area contributed by atoms with Gasteiger partial charge in [-0.25, -0.2) is 0 Å². The number of rotatable bonds is 4. The molecule has 0 aromatic rings. The van der Waals surface area contributed by atoms with Crippen LogP contribution in [0.4, 0.5) is 0 Å². The zero-order valence-corrected chi connectivity index (χ0v) is 10.9. The Hall–Kier alpha value is -1.06. The summed E-state index contributed by atoms with van der Waals surface area (Å²) in [5.41, 5.74) is 0. The van der Waals surface area contributed by atoms with E-state index in [0.29, 0.717) is 0 Å². The summed E-state index contributed by atoms with van der Waals surface area (Å²) in [6.07, 6.45) is 5.25. The Kier molecular flexibility index (Phi) is 6.01. The summed E-state index contributed by atoms with van der Waals surface area (Å²) >= 11 is 0. The molecular weight excluding hydrogens is 218 g/mol. The van der Waals surface area contributed by atoms with Gasteiger partial charge in [0.2, 0.25) is 0 Å². The molecule has 1 heterocycles. The van der Waals surface area contributed by atoms with Crippen molar-refractivity contribution in [2.24, 2.45) is 5.92 Å². The molecule has 1 amide bonds. The molecule has 1 aliphatic rings. The number of carbonyl (C=O) groups excluding carboxylic acids is 2. The lowest BCUT2D eigenvalue weighted by Crippen LogP contribution is -2.35. The van der Waals surface area contributed by atoms with Crippen molar-refractivity contribution in [3.8, 4) is 0 Å². The minimum Gasteiger partial charge on any atom is -0.455 e. The van der Waals surface area contributed by atoms with E-state index in [4.69, 9.17) is 4.74 Å². The number of hydrogen-bond acceptors (Lipinski definition) is 3. The Balaban J connectivity index is 2.30. The molecule has 0 radical (unpaired) electrons. The van der Waals surface area contributed by atoms with Crippen molar-refractivity contribution in [2.45, 2.75) is 46.0 Å². The second kappa shape index (κ2) is 7.30. The quantitative estimate of drug-likeness (QED) is 0.707. The van der Waals surface area contributed by atoms with Gasteiger partial charge in [-0.15, -0.1) is 0 Å². The van der Waals surface area contributed by atoms with Crippen LogP contribution < -0.4 is 0 Å². The van der Waals surface area contributed by atoms with E-state index in [-0.39, 0.29) is 24.4 Å². The summed E-state index contributed by atoms with van der Waals surface area (Å²) in [4.78, 5) is 25.1. The number of nitrogens with zero attached hydrogens (tertiary/aromatic N) is 1. The summed E-state index contributed by atoms with van der Waals surface area (Å²) in [6, 6.07) is 0. The molecule has 98 valence electrons. The van der Waals surface area contributed by atoms with Crippen LogP contribution in [-0.4, -0.2) is 36.5 Å². The first-order valence-electron chi connectivity index (χ1n) is 6.59. The van der Waals surface area contributed by atoms with Crippen molar-refractivity contribution in [1.82, 2.24) is 4.90 Å². The van der Waals surface area contributed by atoms with Gasteiger partial charge >= 0.3 is 5.97 Å². The maximum absolute atomic E-state index is 11.8. The average molecular weight is 241 g/mol. The highest BCUT2D eigenvalue weighted by atomic mass is 16.5. The van der Waals surface area contributed by atoms with Crippen molar-refractivity contribution < 1.29 is 14.3 Å². The van der Waals surface area contributed by atoms with Crippen molar-refractivity contribution in [2.75, 3.05) is 19.7 Å². The van der Waals surface area contributed by atoms with Crippen LogP contribution in [0.2, 0.25) is 0 Å². The average Bonchev–Trinajstić information content (AvgIpc) is 2.63. The molecule has 0 N–H and O–H groups in total. The van der Waals surface area contributed by atoms with Crippen LogP contribution in [0.1, 0.15) is 46.0 Å². The van der Waals surface area contributed by atoms with Gasteiger partial charge in [-0.1, -0.05) is 26.7 Å². The van der Waals surface area contributed by atoms with Gasteiger partial charge in [-0.3, -0.25) is 9.59 Å². The molecular formula is C13H23NO3. The lowest BCUT2D eigenvalue weighted by atomic mass is 10.1. The predicted molar refractivity (Wildman–Crippen MR) is 65.5 cm³/mol. The van der Waals surface area contributed by atoms with Crippen LogP contribution in [0.3, 0.4) is 0 Å². The van der Waals surface area contributed by atoms with Crippen molar-refractivity contribution >= 4 is 11.9 Å². The summed E-state index contributed by atoms with van der Waals surface area (Å²) in [7, 11) is 0. The van der Waals surface area contributed by atoms with Crippen LogP contribution in [-0.2, 0) is 14.3 Å². The van der Waals surface area contributed by atoms with Gasteiger partial charge in [0.05, 0.1) is 5.92 Å². The van der Waals surface area contributed by atoms with Crippen molar-refractivity contribution in [3.63, 3.8) is 0 Å². The summed E-state index contributed by atoms with van der Waals surface area (Å²) in [5, 5.41) is 0. The van der Waals surface area contributed by atoms with Gasteiger partial charge in [0, 0.05) is 13.1 Å². The third-order valence-electron chi connectivity index (χ3n) is 3.31. The Morgan fingerprint density at radius 2 is 1.76 bits per heavy atom. The van der Waals surface area contributed by atoms with E-state index in [1.165, 1.54) is 12.8 Å². The van der Waals surface area contributed by atoms with Crippen LogP contribution in [0, 0.1) is 5.92 Å². The van der Waals surface area contributed by atoms with Crippen LogP contribution >= 0.6 is 0 Å². The fourth-order valence-corrected chi connectivity index (χ4v) is 1.85. The van der Waals surface area contributed by atoms with E-state index in [1.807, 2.05) is 18.7 Å². The molecule has 4 nitrogen and oxygen atoms in total. The zero-order chi connectivity index (χ0) is 12.7. The smallest absolute Gasteiger partial charge is 0.309 e. The molecule has 1 unspecified atom stereocenters. The molecule has 0 spiro atoms. The molecule has 0 aromatic carbocycles. The summed E-state index contributed by atoms with van der Waals surface area (Å²) in [5.74, 6) is -0.439. The third-order valence-corrected chi connectivity index (χ3v) is 3.31. The van der Waals surface area contributed by atoms with E-state index in [0.717, 1.165) is 32.4 Å². The lowest BCUT2D eigenvalue weighted by Gasteiger charge is -2.20. The lowest BCUT2D eigenvalue weighted by molar-refractivity contribution is -0.155. The van der Waals surface area contributed by atoms with E-state index in [2.05, 4.69) is 0 Å². The molecule has 0 aliphatic carbocycles. The molecule has 1 saturated heterocycles. The normalized spacial score (nSPS) is 18.4. The van der Waals surface area contributed by atoms with E-state index in [1.54, 1.807) is 0 Å². The summed E-state index contributed by atoms with van der Waals surface area (Å²) < 4.78 is 5.02. The number of amides is 1. The molecule has 1 fully saturated rings. The molecule has 0 saturated carbocycles.